The lowest BCUT2D eigenvalue weighted by Gasteiger charge is -2.37. The zero-order valence-corrected chi connectivity index (χ0v) is 16.9. The molecular formula is C15H22ClN3O5S2. The highest BCUT2D eigenvalue weighted by molar-refractivity contribution is 7.89. The van der Waals surface area contributed by atoms with E-state index in [1.54, 1.807) is 19.1 Å². The topological polar surface area (TPSA) is 87.2 Å². The Labute approximate surface area is 159 Å². The van der Waals surface area contributed by atoms with Crippen LogP contribution in [-0.2, 0) is 25.0 Å². The van der Waals surface area contributed by atoms with Crippen molar-refractivity contribution in [1.82, 2.24) is 12.9 Å². The number of nitrogens with zero attached hydrogens (tertiary/aromatic N) is 3. The first-order chi connectivity index (χ1) is 12.2. The van der Waals surface area contributed by atoms with E-state index < -0.39 is 20.2 Å². The van der Waals surface area contributed by atoms with Gasteiger partial charge in [0.25, 0.3) is 10.2 Å². The molecule has 0 N–H and O–H groups in total. The summed E-state index contributed by atoms with van der Waals surface area (Å²) in [6.45, 7) is 3.57. The Bertz CT molecular complexity index is 861. The zero-order valence-electron chi connectivity index (χ0n) is 14.5. The van der Waals surface area contributed by atoms with Gasteiger partial charge in [-0.05, 0) is 24.6 Å². The summed E-state index contributed by atoms with van der Waals surface area (Å²) in [4.78, 5) is 0.162. The van der Waals surface area contributed by atoms with Crippen molar-refractivity contribution in [2.75, 3.05) is 52.5 Å². The van der Waals surface area contributed by atoms with E-state index in [-0.39, 0.29) is 31.1 Å². The second-order valence-corrected chi connectivity index (χ2v) is 10.5. The lowest BCUT2D eigenvalue weighted by molar-refractivity contribution is 0.0694. The number of piperazine rings is 1. The standard InChI is InChI=1S/C15H22ClN3O5S2/c1-13-2-3-14(16)12-15(13)25(20,21)17-4-6-18(7-5-17)26(22,23)19-8-10-24-11-9-19/h2-3,12H,4-11H2,1H3. The van der Waals surface area contributed by atoms with E-state index in [1.165, 1.54) is 19.0 Å². The number of rotatable bonds is 4. The van der Waals surface area contributed by atoms with Crippen LogP contribution < -0.4 is 0 Å². The maximum atomic E-state index is 12.9. The van der Waals surface area contributed by atoms with Crippen molar-refractivity contribution in [2.24, 2.45) is 0 Å². The highest BCUT2D eigenvalue weighted by Crippen LogP contribution is 2.25. The second kappa shape index (κ2) is 7.70. The van der Waals surface area contributed by atoms with Crippen LogP contribution in [0, 0.1) is 6.92 Å². The van der Waals surface area contributed by atoms with Crippen LogP contribution in [0.1, 0.15) is 5.56 Å². The third-order valence-corrected chi connectivity index (χ3v) is 8.90. The fourth-order valence-electron chi connectivity index (χ4n) is 3.07. The highest BCUT2D eigenvalue weighted by atomic mass is 35.5. The molecule has 2 heterocycles. The van der Waals surface area contributed by atoms with E-state index in [0.29, 0.717) is 36.9 Å². The fraction of sp³-hybridized carbons (Fsp3) is 0.600. The van der Waals surface area contributed by atoms with Crippen molar-refractivity contribution in [2.45, 2.75) is 11.8 Å². The fourth-order valence-corrected chi connectivity index (χ4v) is 6.54. The summed E-state index contributed by atoms with van der Waals surface area (Å²) in [6.07, 6.45) is 0. The summed E-state index contributed by atoms with van der Waals surface area (Å²) in [5, 5.41) is 0.350. The van der Waals surface area contributed by atoms with Gasteiger partial charge in [0.15, 0.2) is 0 Å². The minimum atomic E-state index is -3.72. The number of benzene rings is 1. The number of morpholine rings is 1. The van der Waals surface area contributed by atoms with Gasteiger partial charge >= 0.3 is 0 Å². The molecule has 0 unspecified atom stereocenters. The smallest absolute Gasteiger partial charge is 0.282 e. The van der Waals surface area contributed by atoms with Gasteiger partial charge in [-0.15, -0.1) is 0 Å². The van der Waals surface area contributed by atoms with Gasteiger partial charge in [0.1, 0.15) is 0 Å². The molecule has 1 aromatic rings. The van der Waals surface area contributed by atoms with Crippen LogP contribution >= 0.6 is 11.6 Å². The number of ether oxygens (including phenoxy) is 1. The molecule has 11 heteroatoms. The normalized spacial score (nSPS) is 21.8. The molecule has 0 amide bonds. The molecule has 1 aromatic carbocycles. The van der Waals surface area contributed by atoms with Gasteiger partial charge < -0.3 is 4.74 Å². The highest BCUT2D eigenvalue weighted by Gasteiger charge is 2.36. The molecule has 2 aliphatic rings. The van der Waals surface area contributed by atoms with Crippen molar-refractivity contribution in [3.05, 3.63) is 28.8 Å². The zero-order chi connectivity index (χ0) is 18.9. The molecule has 8 nitrogen and oxygen atoms in total. The minimum absolute atomic E-state index is 0.109. The minimum Gasteiger partial charge on any atom is -0.379 e. The van der Waals surface area contributed by atoms with Crippen LogP contribution in [0.15, 0.2) is 23.1 Å². The molecule has 146 valence electrons. The maximum Gasteiger partial charge on any atom is 0.282 e. The van der Waals surface area contributed by atoms with E-state index in [2.05, 4.69) is 0 Å². The van der Waals surface area contributed by atoms with E-state index in [9.17, 15) is 16.8 Å². The van der Waals surface area contributed by atoms with Crippen LogP contribution in [-0.4, -0.2) is 82.2 Å². The molecule has 0 radical (unpaired) electrons. The molecule has 0 atom stereocenters. The first-order valence-electron chi connectivity index (χ1n) is 8.32. The molecule has 0 saturated carbocycles. The molecule has 0 spiro atoms. The molecule has 2 fully saturated rings. The Hall–Kier alpha value is -0.750. The lowest BCUT2D eigenvalue weighted by atomic mass is 10.2. The number of sulfonamides is 1. The summed E-state index contributed by atoms with van der Waals surface area (Å²) in [5.74, 6) is 0. The van der Waals surface area contributed by atoms with E-state index in [1.807, 2.05) is 0 Å². The largest absolute Gasteiger partial charge is 0.379 e. The summed E-state index contributed by atoms with van der Waals surface area (Å²) in [6, 6.07) is 4.74. The quantitative estimate of drug-likeness (QED) is 0.705. The first-order valence-corrected chi connectivity index (χ1v) is 11.5. The molecule has 2 saturated heterocycles. The van der Waals surface area contributed by atoms with Crippen LogP contribution in [0.4, 0.5) is 0 Å². The Morgan fingerprint density at radius 1 is 0.885 bits per heavy atom. The third kappa shape index (κ3) is 3.91. The predicted molar refractivity (Wildman–Crippen MR) is 97.8 cm³/mol. The maximum absolute atomic E-state index is 12.9. The Morgan fingerprint density at radius 2 is 1.42 bits per heavy atom. The van der Waals surface area contributed by atoms with Gasteiger partial charge in [0.2, 0.25) is 10.0 Å². The third-order valence-electron chi connectivity index (χ3n) is 4.59. The average Bonchev–Trinajstić information content (AvgIpc) is 2.64. The van der Waals surface area contributed by atoms with Crippen LogP contribution in [0.25, 0.3) is 0 Å². The van der Waals surface area contributed by atoms with Crippen molar-refractivity contribution in [3.63, 3.8) is 0 Å². The SMILES string of the molecule is Cc1ccc(Cl)cc1S(=O)(=O)N1CCN(S(=O)(=O)N2CCOCC2)CC1. The lowest BCUT2D eigenvalue weighted by Crippen LogP contribution is -2.55. The van der Waals surface area contributed by atoms with Gasteiger partial charge in [-0.3, -0.25) is 0 Å². The van der Waals surface area contributed by atoms with E-state index in [0.717, 1.165) is 0 Å². The van der Waals surface area contributed by atoms with Crippen molar-refractivity contribution >= 4 is 31.8 Å². The van der Waals surface area contributed by atoms with Gasteiger partial charge in [0, 0.05) is 44.3 Å². The van der Waals surface area contributed by atoms with Crippen LogP contribution in [0.2, 0.25) is 5.02 Å². The van der Waals surface area contributed by atoms with Gasteiger partial charge in [-0.25, -0.2) is 8.42 Å². The number of aryl methyl sites for hydroxylation is 1. The predicted octanol–water partition coefficient (Wildman–Crippen LogP) is 0.532. The van der Waals surface area contributed by atoms with Crippen LogP contribution in [0.5, 0.6) is 0 Å². The van der Waals surface area contributed by atoms with E-state index in [4.69, 9.17) is 16.3 Å². The van der Waals surface area contributed by atoms with Crippen molar-refractivity contribution in [1.29, 1.82) is 0 Å². The Balaban J connectivity index is 1.72. The van der Waals surface area contributed by atoms with Crippen molar-refractivity contribution in [3.8, 4) is 0 Å². The molecule has 0 bridgehead atoms. The monoisotopic (exact) mass is 423 g/mol. The molecule has 3 rings (SSSR count). The summed E-state index contributed by atoms with van der Waals surface area (Å²) in [5.41, 5.74) is 0.609. The van der Waals surface area contributed by atoms with E-state index >= 15 is 0 Å². The molecule has 0 aliphatic carbocycles. The first kappa shape index (κ1) is 20.0. The Morgan fingerprint density at radius 3 is 2.04 bits per heavy atom. The second-order valence-electron chi connectivity index (χ2n) is 6.23. The summed E-state index contributed by atoms with van der Waals surface area (Å²) >= 11 is 5.94. The molecule has 2 aliphatic heterocycles. The summed E-state index contributed by atoms with van der Waals surface area (Å²) in [7, 11) is -7.30. The number of halogens is 1. The summed E-state index contributed by atoms with van der Waals surface area (Å²) < 4.78 is 60.4. The van der Waals surface area contributed by atoms with Gasteiger partial charge in [-0.1, -0.05) is 17.7 Å². The Kier molecular flexibility index (Phi) is 5.92. The molecular weight excluding hydrogens is 402 g/mol. The number of hydrogen-bond donors (Lipinski definition) is 0. The molecule has 26 heavy (non-hydrogen) atoms. The average molecular weight is 424 g/mol. The van der Waals surface area contributed by atoms with Crippen LogP contribution in [0.3, 0.4) is 0 Å². The van der Waals surface area contributed by atoms with Crippen molar-refractivity contribution < 1.29 is 21.6 Å². The van der Waals surface area contributed by atoms with Gasteiger partial charge in [0.05, 0.1) is 18.1 Å². The molecule has 0 aromatic heterocycles. The van der Waals surface area contributed by atoms with Gasteiger partial charge in [-0.2, -0.15) is 21.3 Å². The number of hydrogen-bond acceptors (Lipinski definition) is 5.